The second-order valence-corrected chi connectivity index (χ2v) is 6.42. The zero-order chi connectivity index (χ0) is 16.8. The molecule has 0 aliphatic carbocycles. The van der Waals surface area contributed by atoms with Gasteiger partial charge in [0.1, 0.15) is 11.6 Å². The number of methoxy groups -OCH3 is 1. The molecule has 1 amide bonds. The van der Waals surface area contributed by atoms with Gasteiger partial charge in [-0.25, -0.2) is 4.39 Å². The molecule has 0 saturated carbocycles. The Labute approximate surface area is 137 Å². The predicted octanol–water partition coefficient (Wildman–Crippen LogP) is 2.94. The van der Waals surface area contributed by atoms with Gasteiger partial charge >= 0.3 is 0 Å². The third kappa shape index (κ3) is 4.93. The zero-order valence-electron chi connectivity index (χ0n) is 14.1. The Morgan fingerprint density at radius 3 is 2.96 bits per heavy atom. The summed E-state index contributed by atoms with van der Waals surface area (Å²) in [6.07, 6.45) is 2.39. The molecule has 1 saturated heterocycles. The van der Waals surface area contributed by atoms with Crippen LogP contribution in [-0.2, 0) is 16.0 Å². The highest BCUT2D eigenvalue weighted by molar-refractivity contribution is 5.79. The van der Waals surface area contributed by atoms with Crippen molar-refractivity contribution < 1.29 is 18.7 Å². The van der Waals surface area contributed by atoms with Gasteiger partial charge in [-0.15, -0.1) is 0 Å². The van der Waals surface area contributed by atoms with E-state index in [1.54, 1.807) is 6.07 Å². The first kappa shape index (κ1) is 17.7. The number of hydrogen-bond donors (Lipinski definition) is 1. The Hall–Kier alpha value is -1.62. The maximum absolute atomic E-state index is 13.3. The van der Waals surface area contributed by atoms with Crippen LogP contribution in [0.25, 0.3) is 0 Å². The SMILES string of the molecule is COc1ccc(F)cc1CC(=O)NC[C@@H]1CCCO[C@@H]1C(C)C. The van der Waals surface area contributed by atoms with Crippen LogP contribution in [0.4, 0.5) is 4.39 Å². The maximum Gasteiger partial charge on any atom is 0.224 e. The molecular formula is C18H26FNO3. The van der Waals surface area contributed by atoms with Crippen LogP contribution in [0, 0.1) is 17.7 Å². The second-order valence-electron chi connectivity index (χ2n) is 6.42. The summed E-state index contributed by atoms with van der Waals surface area (Å²) in [6, 6.07) is 4.22. The number of benzene rings is 1. The highest BCUT2D eigenvalue weighted by atomic mass is 19.1. The normalized spacial score (nSPS) is 21.3. The predicted molar refractivity (Wildman–Crippen MR) is 87.0 cm³/mol. The number of carbonyl (C=O) groups excluding carboxylic acids is 1. The highest BCUT2D eigenvalue weighted by Crippen LogP contribution is 2.26. The van der Waals surface area contributed by atoms with Gasteiger partial charge in [0, 0.05) is 24.6 Å². The van der Waals surface area contributed by atoms with E-state index in [-0.39, 0.29) is 24.2 Å². The van der Waals surface area contributed by atoms with E-state index in [0.717, 1.165) is 19.4 Å². The van der Waals surface area contributed by atoms with Gasteiger partial charge in [-0.3, -0.25) is 4.79 Å². The van der Waals surface area contributed by atoms with Crippen LogP contribution >= 0.6 is 0 Å². The molecule has 1 fully saturated rings. The third-order valence-corrected chi connectivity index (χ3v) is 4.31. The fraction of sp³-hybridized carbons (Fsp3) is 0.611. The fourth-order valence-corrected chi connectivity index (χ4v) is 3.19. The van der Waals surface area contributed by atoms with E-state index in [4.69, 9.17) is 9.47 Å². The van der Waals surface area contributed by atoms with Crippen molar-refractivity contribution in [3.63, 3.8) is 0 Å². The second kappa shape index (κ2) is 8.29. The lowest BCUT2D eigenvalue weighted by atomic mass is 9.87. The number of rotatable bonds is 6. The van der Waals surface area contributed by atoms with Crippen LogP contribution in [0.5, 0.6) is 5.75 Å². The molecule has 1 heterocycles. The molecule has 1 aliphatic heterocycles. The summed E-state index contributed by atoms with van der Waals surface area (Å²) in [6.45, 7) is 5.68. The molecule has 5 heteroatoms. The summed E-state index contributed by atoms with van der Waals surface area (Å²) >= 11 is 0. The van der Waals surface area contributed by atoms with E-state index in [0.29, 0.717) is 29.7 Å². The maximum atomic E-state index is 13.3. The first-order valence-electron chi connectivity index (χ1n) is 8.22. The number of carbonyl (C=O) groups is 1. The lowest BCUT2D eigenvalue weighted by molar-refractivity contribution is -0.121. The molecular weight excluding hydrogens is 297 g/mol. The molecule has 1 N–H and O–H groups in total. The average molecular weight is 323 g/mol. The van der Waals surface area contributed by atoms with E-state index in [9.17, 15) is 9.18 Å². The van der Waals surface area contributed by atoms with Crippen molar-refractivity contribution in [3.05, 3.63) is 29.6 Å². The van der Waals surface area contributed by atoms with Gasteiger partial charge in [-0.2, -0.15) is 0 Å². The third-order valence-electron chi connectivity index (χ3n) is 4.31. The largest absolute Gasteiger partial charge is 0.496 e. The quantitative estimate of drug-likeness (QED) is 0.875. The molecule has 1 aliphatic rings. The van der Waals surface area contributed by atoms with E-state index in [2.05, 4.69) is 19.2 Å². The van der Waals surface area contributed by atoms with Crippen LogP contribution in [0.15, 0.2) is 18.2 Å². The van der Waals surface area contributed by atoms with Crippen LogP contribution in [0.3, 0.4) is 0 Å². The van der Waals surface area contributed by atoms with Crippen molar-refractivity contribution in [1.29, 1.82) is 0 Å². The molecule has 128 valence electrons. The molecule has 0 unspecified atom stereocenters. The van der Waals surface area contributed by atoms with E-state index in [1.807, 2.05) is 0 Å². The van der Waals surface area contributed by atoms with Crippen LogP contribution in [0.2, 0.25) is 0 Å². The minimum atomic E-state index is -0.367. The van der Waals surface area contributed by atoms with Gasteiger partial charge in [-0.1, -0.05) is 13.8 Å². The van der Waals surface area contributed by atoms with Crippen LogP contribution in [0.1, 0.15) is 32.3 Å². The standard InChI is InChI=1S/C18H26FNO3/c1-12(2)18-13(5-4-8-23-18)11-20-17(21)10-14-9-15(19)6-7-16(14)22-3/h6-7,9,12-13,18H,4-5,8,10-11H2,1-3H3,(H,20,21)/t13-,18+/m0/s1. The number of halogens is 1. The summed E-state index contributed by atoms with van der Waals surface area (Å²) < 4.78 is 24.4. The Kier molecular flexibility index (Phi) is 6.39. The number of nitrogens with one attached hydrogen (secondary N) is 1. The molecule has 0 bridgehead atoms. The zero-order valence-corrected chi connectivity index (χ0v) is 14.1. The van der Waals surface area contributed by atoms with Crippen molar-refractivity contribution >= 4 is 5.91 Å². The van der Waals surface area contributed by atoms with Gasteiger partial charge in [0.15, 0.2) is 0 Å². The minimum absolute atomic E-state index is 0.112. The van der Waals surface area contributed by atoms with Gasteiger partial charge < -0.3 is 14.8 Å². The number of ether oxygens (including phenoxy) is 2. The topological polar surface area (TPSA) is 47.6 Å². The van der Waals surface area contributed by atoms with Crippen molar-refractivity contribution in [2.24, 2.45) is 11.8 Å². The Morgan fingerprint density at radius 2 is 2.26 bits per heavy atom. The summed E-state index contributed by atoms with van der Waals surface area (Å²) in [7, 11) is 1.52. The Balaban J connectivity index is 1.91. The van der Waals surface area contributed by atoms with E-state index in [1.165, 1.54) is 19.2 Å². The molecule has 1 aromatic rings. The molecule has 1 aromatic carbocycles. The molecule has 2 atom stereocenters. The molecule has 23 heavy (non-hydrogen) atoms. The van der Waals surface area contributed by atoms with Gasteiger partial charge in [0.2, 0.25) is 5.91 Å². The van der Waals surface area contributed by atoms with Crippen molar-refractivity contribution in [1.82, 2.24) is 5.32 Å². The number of amides is 1. The van der Waals surface area contributed by atoms with Gasteiger partial charge in [-0.05, 0) is 37.0 Å². The van der Waals surface area contributed by atoms with Gasteiger partial charge in [0.25, 0.3) is 0 Å². The van der Waals surface area contributed by atoms with E-state index < -0.39 is 0 Å². The molecule has 2 rings (SSSR count). The number of hydrogen-bond acceptors (Lipinski definition) is 3. The van der Waals surface area contributed by atoms with Crippen molar-refractivity contribution in [3.8, 4) is 5.75 Å². The van der Waals surface area contributed by atoms with Crippen molar-refractivity contribution in [2.75, 3.05) is 20.3 Å². The lowest BCUT2D eigenvalue weighted by Gasteiger charge is -2.34. The summed E-state index contributed by atoms with van der Waals surface area (Å²) in [5.74, 6) is 0.807. The highest BCUT2D eigenvalue weighted by Gasteiger charge is 2.28. The van der Waals surface area contributed by atoms with Crippen LogP contribution in [-0.4, -0.2) is 32.3 Å². The fourth-order valence-electron chi connectivity index (χ4n) is 3.19. The summed E-state index contributed by atoms with van der Waals surface area (Å²) in [5, 5.41) is 2.96. The molecule has 0 aromatic heterocycles. The molecule has 0 radical (unpaired) electrons. The van der Waals surface area contributed by atoms with Crippen LogP contribution < -0.4 is 10.1 Å². The first-order valence-corrected chi connectivity index (χ1v) is 8.22. The smallest absolute Gasteiger partial charge is 0.224 e. The Morgan fingerprint density at radius 1 is 1.48 bits per heavy atom. The Bertz CT molecular complexity index is 533. The monoisotopic (exact) mass is 323 g/mol. The average Bonchev–Trinajstić information content (AvgIpc) is 2.53. The molecule has 4 nitrogen and oxygen atoms in total. The summed E-state index contributed by atoms with van der Waals surface area (Å²) in [5.41, 5.74) is 0.560. The van der Waals surface area contributed by atoms with Crippen molar-refractivity contribution in [2.45, 2.75) is 39.2 Å². The first-order chi connectivity index (χ1) is 11.0. The van der Waals surface area contributed by atoms with E-state index >= 15 is 0 Å². The molecule has 0 spiro atoms. The minimum Gasteiger partial charge on any atom is -0.496 e. The lowest BCUT2D eigenvalue weighted by Crippen LogP contribution is -2.41. The van der Waals surface area contributed by atoms with Gasteiger partial charge in [0.05, 0.1) is 19.6 Å². The summed E-state index contributed by atoms with van der Waals surface area (Å²) in [4.78, 5) is 12.2.